The van der Waals surface area contributed by atoms with E-state index in [-0.39, 0.29) is 38.2 Å². The number of esters is 1. The Morgan fingerprint density at radius 3 is 2.38 bits per heavy atom. The maximum absolute atomic E-state index is 13.3. The predicted molar refractivity (Wildman–Crippen MR) is 125 cm³/mol. The van der Waals surface area contributed by atoms with Crippen LogP contribution in [0.4, 0.5) is 4.79 Å². The van der Waals surface area contributed by atoms with Gasteiger partial charge in [-0.25, -0.2) is 9.59 Å². The lowest BCUT2D eigenvalue weighted by atomic mass is 9.93. The van der Waals surface area contributed by atoms with Crippen molar-refractivity contribution >= 4 is 23.8 Å². The Morgan fingerprint density at radius 2 is 1.71 bits per heavy atom. The molecule has 0 saturated carbocycles. The van der Waals surface area contributed by atoms with Crippen molar-refractivity contribution in [3.8, 4) is 0 Å². The van der Waals surface area contributed by atoms with E-state index in [1.54, 1.807) is 6.92 Å². The Balaban J connectivity index is 1.76. The number of ketones is 1. The third-order valence-corrected chi connectivity index (χ3v) is 5.90. The molecule has 0 aromatic heterocycles. The van der Waals surface area contributed by atoms with Gasteiger partial charge in [0.25, 0.3) is 0 Å². The number of carbonyl (C=O) groups excluding carboxylic acids is 4. The standard InChI is InChI=1S/C26H30N2O6/c1-3-21(29)13-14-22(25(31)33-2)27-24(30)23-15-19-11-7-8-12-20(19)16-28(23)26(32)34-17-18-9-5-4-6-10-18/h4-12,22-23H,3,13-17H2,1-2H3,(H,27,30)/t22-,23-/m0/s1. The Hall–Kier alpha value is -3.68. The summed E-state index contributed by atoms with van der Waals surface area (Å²) in [5.74, 6) is -1.14. The van der Waals surface area contributed by atoms with Crippen LogP contribution in [0.1, 0.15) is 42.9 Å². The van der Waals surface area contributed by atoms with Crippen molar-refractivity contribution in [2.75, 3.05) is 7.11 Å². The molecular formula is C26H30N2O6. The van der Waals surface area contributed by atoms with Crippen LogP contribution in [-0.2, 0) is 43.4 Å². The first-order valence-electron chi connectivity index (χ1n) is 11.4. The fraction of sp³-hybridized carbons (Fsp3) is 0.385. The SMILES string of the molecule is CCC(=O)CC[C@H](NC(=O)[C@@H]1Cc2ccccc2CN1C(=O)OCc1ccccc1)C(=O)OC. The predicted octanol–water partition coefficient (Wildman–Crippen LogP) is 3.17. The molecule has 180 valence electrons. The minimum Gasteiger partial charge on any atom is -0.467 e. The highest BCUT2D eigenvalue weighted by atomic mass is 16.6. The molecule has 3 rings (SSSR count). The normalized spacial score (nSPS) is 15.6. The maximum Gasteiger partial charge on any atom is 0.411 e. The Kier molecular flexibility index (Phi) is 8.79. The van der Waals surface area contributed by atoms with E-state index in [2.05, 4.69) is 5.32 Å². The molecule has 0 bridgehead atoms. The van der Waals surface area contributed by atoms with E-state index in [9.17, 15) is 19.2 Å². The van der Waals surface area contributed by atoms with Crippen molar-refractivity contribution in [3.63, 3.8) is 0 Å². The minimum atomic E-state index is -0.979. The molecule has 0 saturated heterocycles. The van der Waals surface area contributed by atoms with Crippen molar-refractivity contribution in [2.45, 2.75) is 57.8 Å². The minimum absolute atomic E-state index is 0.0131. The number of benzene rings is 2. The number of hydrogen-bond donors (Lipinski definition) is 1. The molecule has 2 aromatic carbocycles. The number of methoxy groups -OCH3 is 1. The smallest absolute Gasteiger partial charge is 0.411 e. The highest BCUT2D eigenvalue weighted by molar-refractivity contribution is 5.90. The largest absolute Gasteiger partial charge is 0.467 e. The van der Waals surface area contributed by atoms with Crippen LogP contribution in [0.15, 0.2) is 54.6 Å². The Morgan fingerprint density at radius 1 is 1.03 bits per heavy atom. The third-order valence-electron chi connectivity index (χ3n) is 5.90. The summed E-state index contributed by atoms with van der Waals surface area (Å²) in [6.45, 7) is 2.03. The van der Waals surface area contributed by atoms with Crippen LogP contribution < -0.4 is 5.32 Å². The van der Waals surface area contributed by atoms with Gasteiger partial charge in [-0.2, -0.15) is 0 Å². The van der Waals surface area contributed by atoms with Gasteiger partial charge < -0.3 is 14.8 Å². The average molecular weight is 467 g/mol. The number of rotatable bonds is 9. The molecule has 0 unspecified atom stereocenters. The molecule has 8 heteroatoms. The molecule has 34 heavy (non-hydrogen) atoms. The summed E-state index contributed by atoms with van der Waals surface area (Å²) >= 11 is 0. The molecule has 2 aromatic rings. The van der Waals surface area contributed by atoms with Gasteiger partial charge in [-0.1, -0.05) is 61.5 Å². The number of nitrogens with one attached hydrogen (secondary N) is 1. The summed E-state index contributed by atoms with van der Waals surface area (Å²) in [7, 11) is 1.23. The molecule has 0 fully saturated rings. The van der Waals surface area contributed by atoms with Gasteiger partial charge in [-0.15, -0.1) is 0 Å². The number of ether oxygens (including phenoxy) is 2. The lowest BCUT2D eigenvalue weighted by molar-refractivity contribution is -0.146. The topological polar surface area (TPSA) is 102 Å². The van der Waals surface area contributed by atoms with E-state index in [1.165, 1.54) is 12.0 Å². The number of nitrogens with zero attached hydrogens (tertiary/aromatic N) is 1. The van der Waals surface area contributed by atoms with Gasteiger partial charge >= 0.3 is 12.1 Å². The first-order chi connectivity index (χ1) is 16.4. The molecule has 1 aliphatic rings. The first kappa shape index (κ1) is 25.0. The lowest BCUT2D eigenvalue weighted by Gasteiger charge is -2.35. The van der Waals surface area contributed by atoms with Crippen LogP contribution in [0.25, 0.3) is 0 Å². The number of Topliss-reactive ketones (excluding diaryl/α,β-unsaturated/α-hetero) is 1. The summed E-state index contributed by atoms with van der Waals surface area (Å²) in [5.41, 5.74) is 2.72. The van der Waals surface area contributed by atoms with E-state index in [0.29, 0.717) is 6.42 Å². The zero-order valence-electron chi connectivity index (χ0n) is 19.5. The first-order valence-corrected chi connectivity index (χ1v) is 11.4. The number of amides is 2. The van der Waals surface area contributed by atoms with Crippen molar-refractivity contribution in [3.05, 3.63) is 71.3 Å². The fourth-order valence-corrected chi connectivity index (χ4v) is 3.89. The van der Waals surface area contributed by atoms with Crippen LogP contribution in [-0.4, -0.2) is 47.8 Å². The van der Waals surface area contributed by atoms with E-state index < -0.39 is 30.1 Å². The molecule has 2 amide bonds. The Bertz CT molecular complexity index is 1020. The highest BCUT2D eigenvalue weighted by Crippen LogP contribution is 2.25. The second kappa shape index (κ2) is 12.0. The van der Waals surface area contributed by atoms with Crippen molar-refractivity contribution in [1.82, 2.24) is 10.2 Å². The van der Waals surface area contributed by atoms with Crippen molar-refractivity contribution in [2.24, 2.45) is 0 Å². The molecule has 1 N–H and O–H groups in total. The summed E-state index contributed by atoms with van der Waals surface area (Å²) in [6.07, 6.45) is 0.293. The third kappa shape index (κ3) is 6.43. The van der Waals surface area contributed by atoms with Gasteiger partial charge in [0.05, 0.1) is 13.7 Å². The van der Waals surface area contributed by atoms with Gasteiger partial charge in [-0.05, 0) is 23.1 Å². The lowest BCUT2D eigenvalue weighted by Crippen LogP contribution is -2.55. The average Bonchev–Trinajstić information content (AvgIpc) is 2.88. The highest BCUT2D eigenvalue weighted by Gasteiger charge is 2.37. The zero-order valence-corrected chi connectivity index (χ0v) is 19.5. The number of carbonyl (C=O) groups is 4. The quantitative estimate of drug-likeness (QED) is 0.570. The van der Waals surface area contributed by atoms with Gasteiger partial charge in [0, 0.05) is 19.3 Å². The molecule has 1 heterocycles. The zero-order chi connectivity index (χ0) is 24.5. The van der Waals surface area contributed by atoms with Crippen LogP contribution in [0.3, 0.4) is 0 Å². The molecular weight excluding hydrogens is 436 g/mol. The molecule has 8 nitrogen and oxygen atoms in total. The number of hydrogen-bond acceptors (Lipinski definition) is 6. The van der Waals surface area contributed by atoms with Gasteiger partial charge in [0.2, 0.25) is 5.91 Å². The Labute approximate surface area is 199 Å². The fourth-order valence-electron chi connectivity index (χ4n) is 3.89. The molecule has 1 aliphatic heterocycles. The van der Waals surface area contributed by atoms with Gasteiger partial charge in [0.15, 0.2) is 0 Å². The summed E-state index contributed by atoms with van der Waals surface area (Å²) < 4.78 is 10.3. The van der Waals surface area contributed by atoms with Crippen LogP contribution in [0.2, 0.25) is 0 Å². The molecule has 2 atom stereocenters. The second-order valence-corrected chi connectivity index (χ2v) is 8.17. The van der Waals surface area contributed by atoms with E-state index in [1.807, 2.05) is 54.6 Å². The molecule has 0 spiro atoms. The van der Waals surface area contributed by atoms with Crippen LogP contribution >= 0.6 is 0 Å². The number of fused-ring (bicyclic) bond motifs is 1. The van der Waals surface area contributed by atoms with Gasteiger partial charge in [-0.3, -0.25) is 14.5 Å². The van der Waals surface area contributed by atoms with E-state index in [0.717, 1.165) is 16.7 Å². The monoisotopic (exact) mass is 466 g/mol. The van der Waals surface area contributed by atoms with Gasteiger partial charge in [0.1, 0.15) is 24.5 Å². The summed E-state index contributed by atoms with van der Waals surface area (Å²) in [4.78, 5) is 51.7. The maximum atomic E-state index is 13.3. The molecule has 0 radical (unpaired) electrons. The summed E-state index contributed by atoms with van der Waals surface area (Å²) in [6, 6.07) is 15.0. The van der Waals surface area contributed by atoms with Crippen LogP contribution in [0, 0.1) is 0 Å². The van der Waals surface area contributed by atoms with Crippen molar-refractivity contribution < 1.29 is 28.7 Å². The van der Waals surface area contributed by atoms with E-state index in [4.69, 9.17) is 9.47 Å². The van der Waals surface area contributed by atoms with E-state index >= 15 is 0 Å². The second-order valence-electron chi connectivity index (χ2n) is 8.17. The van der Waals surface area contributed by atoms with Crippen molar-refractivity contribution in [1.29, 1.82) is 0 Å². The summed E-state index contributed by atoms with van der Waals surface area (Å²) in [5, 5.41) is 2.69. The molecule has 0 aliphatic carbocycles. The van der Waals surface area contributed by atoms with Crippen LogP contribution in [0.5, 0.6) is 0 Å².